The SMILES string of the molecule is CC#CCN1CCCC[C@H]1c1nc(-c2ccc(Oc3cccc(OC)c3F)cc2)c2c(C(=O)OC(C)(C)C)nccn12. The zero-order chi connectivity index (χ0) is 29.9. The molecule has 218 valence electrons. The van der Waals surface area contributed by atoms with Crippen LogP contribution in [0.4, 0.5) is 4.39 Å². The fraction of sp³-hybridized carbons (Fsp3) is 0.364. The fourth-order valence-electron chi connectivity index (χ4n) is 5.16. The van der Waals surface area contributed by atoms with Gasteiger partial charge in [-0.2, -0.15) is 4.39 Å². The highest BCUT2D eigenvalue weighted by Crippen LogP contribution is 2.37. The summed E-state index contributed by atoms with van der Waals surface area (Å²) < 4.78 is 33.2. The van der Waals surface area contributed by atoms with Crippen molar-refractivity contribution in [2.24, 2.45) is 0 Å². The molecule has 1 saturated heterocycles. The maximum absolute atomic E-state index is 14.7. The number of halogens is 1. The number of fused-ring (bicyclic) bond motifs is 1. The number of rotatable bonds is 7. The molecule has 1 aliphatic rings. The van der Waals surface area contributed by atoms with Crippen LogP contribution in [0.25, 0.3) is 16.8 Å². The summed E-state index contributed by atoms with van der Waals surface area (Å²) in [5, 5.41) is 0. The second-order valence-electron chi connectivity index (χ2n) is 11.1. The average molecular weight is 571 g/mol. The number of aromatic nitrogens is 3. The molecule has 8 nitrogen and oxygen atoms in total. The minimum atomic E-state index is -0.692. The lowest BCUT2D eigenvalue weighted by atomic mass is 10.0. The summed E-state index contributed by atoms with van der Waals surface area (Å²) in [5.74, 6) is 6.53. The van der Waals surface area contributed by atoms with Crippen molar-refractivity contribution >= 4 is 11.5 Å². The molecule has 0 N–H and O–H groups in total. The molecule has 4 aromatic rings. The first-order chi connectivity index (χ1) is 20.2. The molecule has 2 aromatic carbocycles. The molecular weight excluding hydrogens is 535 g/mol. The summed E-state index contributed by atoms with van der Waals surface area (Å²) in [6, 6.07) is 11.9. The Morgan fingerprint density at radius 2 is 1.88 bits per heavy atom. The maximum Gasteiger partial charge on any atom is 0.359 e. The second kappa shape index (κ2) is 12.2. The van der Waals surface area contributed by atoms with Gasteiger partial charge in [-0.25, -0.2) is 14.8 Å². The van der Waals surface area contributed by atoms with E-state index in [0.717, 1.165) is 37.2 Å². The molecule has 2 aromatic heterocycles. The van der Waals surface area contributed by atoms with Crippen LogP contribution in [0.5, 0.6) is 17.2 Å². The number of likely N-dealkylation sites (tertiary alicyclic amines) is 1. The third-order valence-electron chi connectivity index (χ3n) is 7.05. The highest BCUT2D eigenvalue weighted by atomic mass is 19.1. The monoisotopic (exact) mass is 570 g/mol. The van der Waals surface area contributed by atoms with Gasteiger partial charge in [0.1, 0.15) is 22.7 Å². The number of carbonyl (C=O) groups excluding carboxylic acids is 1. The molecule has 9 heteroatoms. The Morgan fingerprint density at radius 3 is 2.60 bits per heavy atom. The van der Waals surface area contributed by atoms with E-state index in [9.17, 15) is 9.18 Å². The Bertz CT molecular complexity index is 1650. The molecule has 0 unspecified atom stereocenters. The molecule has 5 rings (SSSR count). The van der Waals surface area contributed by atoms with Crippen LogP contribution in [0.1, 0.15) is 69.3 Å². The smallest absolute Gasteiger partial charge is 0.359 e. The van der Waals surface area contributed by atoms with E-state index in [1.54, 1.807) is 30.5 Å². The predicted molar refractivity (Wildman–Crippen MR) is 158 cm³/mol. The predicted octanol–water partition coefficient (Wildman–Crippen LogP) is 6.84. The minimum Gasteiger partial charge on any atom is -0.494 e. The maximum atomic E-state index is 14.7. The fourth-order valence-corrected chi connectivity index (χ4v) is 5.16. The van der Waals surface area contributed by atoms with Gasteiger partial charge in [0.25, 0.3) is 0 Å². The van der Waals surface area contributed by atoms with Crippen molar-refractivity contribution in [1.82, 2.24) is 19.3 Å². The quantitative estimate of drug-likeness (QED) is 0.178. The standard InChI is InChI=1S/C33H35FN4O4/c1-6-7-19-37-20-9-8-11-24(37)31-36-28(30-29(35-18-21-38(30)31)32(39)42-33(2,3)4)22-14-16-23(17-15-22)41-26-13-10-12-25(40-5)27(26)34/h10,12-18,21,24H,8-9,11,19-20H2,1-5H3/t24-/m0/s1. The zero-order valence-electron chi connectivity index (χ0n) is 24.6. The van der Waals surface area contributed by atoms with Gasteiger partial charge in [-0.05, 0) is 83.5 Å². The summed E-state index contributed by atoms with van der Waals surface area (Å²) >= 11 is 0. The second-order valence-corrected chi connectivity index (χ2v) is 11.1. The van der Waals surface area contributed by atoms with Crippen LogP contribution in [-0.4, -0.2) is 51.0 Å². The number of esters is 1. The van der Waals surface area contributed by atoms with Gasteiger partial charge < -0.3 is 14.2 Å². The van der Waals surface area contributed by atoms with E-state index >= 15 is 0 Å². The van der Waals surface area contributed by atoms with Gasteiger partial charge in [0.05, 0.1) is 25.4 Å². The van der Waals surface area contributed by atoms with Gasteiger partial charge in [-0.3, -0.25) is 9.30 Å². The minimum absolute atomic E-state index is 0.0216. The molecule has 1 fully saturated rings. The van der Waals surface area contributed by atoms with E-state index < -0.39 is 17.4 Å². The van der Waals surface area contributed by atoms with Crippen LogP contribution in [0.15, 0.2) is 54.9 Å². The number of benzene rings is 2. The largest absolute Gasteiger partial charge is 0.494 e. The van der Waals surface area contributed by atoms with E-state index in [-0.39, 0.29) is 23.2 Å². The van der Waals surface area contributed by atoms with E-state index in [4.69, 9.17) is 19.2 Å². The number of methoxy groups -OCH3 is 1. The van der Waals surface area contributed by atoms with Gasteiger partial charge in [-0.15, -0.1) is 5.92 Å². The highest BCUT2D eigenvalue weighted by molar-refractivity contribution is 5.99. The van der Waals surface area contributed by atoms with Gasteiger partial charge >= 0.3 is 5.97 Å². The zero-order valence-corrected chi connectivity index (χ0v) is 24.6. The van der Waals surface area contributed by atoms with Crippen LogP contribution >= 0.6 is 0 Å². The van der Waals surface area contributed by atoms with E-state index in [0.29, 0.717) is 23.5 Å². The first kappa shape index (κ1) is 29.1. The van der Waals surface area contributed by atoms with Crippen LogP contribution in [0.3, 0.4) is 0 Å². The van der Waals surface area contributed by atoms with Gasteiger partial charge in [0, 0.05) is 18.0 Å². The van der Waals surface area contributed by atoms with Crippen molar-refractivity contribution in [3.8, 4) is 40.3 Å². The third-order valence-corrected chi connectivity index (χ3v) is 7.05. The molecule has 0 amide bonds. The van der Waals surface area contributed by atoms with Crippen molar-refractivity contribution in [2.45, 2.75) is 58.6 Å². The Labute approximate surface area is 245 Å². The Balaban J connectivity index is 1.59. The molecule has 0 aliphatic carbocycles. The molecule has 0 saturated carbocycles. The summed E-state index contributed by atoms with van der Waals surface area (Å²) in [6.07, 6.45) is 6.54. The Hall–Kier alpha value is -4.42. The van der Waals surface area contributed by atoms with Crippen molar-refractivity contribution in [2.75, 3.05) is 20.2 Å². The molecule has 1 aliphatic heterocycles. The van der Waals surface area contributed by atoms with Crippen molar-refractivity contribution in [3.05, 3.63) is 72.2 Å². The Morgan fingerprint density at radius 1 is 1.12 bits per heavy atom. The summed E-state index contributed by atoms with van der Waals surface area (Å²) in [7, 11) is 1.41. The number of hydrogen-bond donors (Lipinski definition) is 0. The highest BCUT2D eigenvalue weighted by Gasteiger charge is 2.31. The normalized spacial score (nSPS) is 15.6. The molecule has 0 bridgehead atoms. The Kier molecular flexibility index (Phi) is 8.46. The molecular formula is C33H35FN4O4. The first-order valence-electron chi connectivity index (χ1n) is 14.0. The van der Waals surface area contributed by atoms with Crippen LogP contribution in [0, 0.1) is 17.7 Å². The first-order valence-corrected chi connectivity index (χ1v) is 14.0. The topological polar surface area (TPSA) is 78.2 Å². The molecule has 1 atom stereocenters. The van der Waals surface area contributed by atoms with Crippen molar-refractivity contribution < 1.29 is 23.4 Å². The van der Waals surface area contributed by atoms with Crippen LogP contribution in [0.2, 0.25) is 0 Å². The summed E-state index contributed by atoms with van der Waals surface area (Å²) in [5.41, 5.74) is 1.43. The summed E-state index contributed by atoms with van der Waals surface area (Å²) in [4.78, 5) is 25.3. The molecule has 0 spiro atoms. The number of imidazole rings is 1. The van der Waals surface area contributed by atoms with Crippen molar-refractivity contribution in [3.63, 3.8) is 0 Å². The number of ether oxygens (including phenoxy) is 3. The molecule has 42 heavy (non-hydrogen) atoms. The number of piperidine rings is 1. The molecule has 3 heterocycles. The van der Waals surface area contributed by atoms with E-state index in [1.807, 2.05) is 50.4 Å². The lowest BCUT2D eigenvalue weighted by molar-refractivity contribution is 0.00648. The van der Waals surface area contributed by atoms with Crippen LogP contribution < -0.4 is 9.47 Å². The number of carbonyl (C=O) groups is 1. The number of hydrogen-bond acceptors (Lipinski definition) is 7. The van der Waals surface area contributed by atoms with Gasteiger partial charge in [0.2, 0.25) is 5.82 Å². The lowest BCUT2D eigenvalue weighted by Gasteiger charge is -2.33. The van der Waals surface area contributed by atoms with Crippen LogP contribution in [-0.2, 0) is 4.74 Å². The van der Waals surface area contributed by atoms with Gasteiger partial charge in [-0.1, -0.05) is 18.4 Å². The lowest BCUT2D eigenvalue weighted by Crippen LogP contribution is -2.34. The average Bonchev–Trinajstić information content (AvgIpc) is 3.36. The third kappa shape index (κ3) is 6.09. The van der Waals surface area contributed by atoms with E-state index in [1.165, 1.54) is 13.2 Å². The van der Waals surface area contributed by atoms with Gasteiger partial charge in [0.15, 0.2) is 17.2 Å². The van der Waals surface area contributed by atoms with Crippen molar-refractivity contribution in [1.29, 1.82) is 0 Å². The molecule has 0 radical (unpaired) electrons. The number of nitrogens with zero attached hydrogens (tertiary/aromatic N) is 4. The summed E-state index contributed by atoms with van der Waals surface area (Å²) in [6.45, 7) is 8.88. The van der Waals surface area contributed by atoms with E-state index in [2.05, 4.69) is 21.7 Å².